The molecule has 1 heterocycles. The van der Waals surface area contributed by atoms with Gasteiger partial charge in [0.05, 0.1) is 22.2 Å². The fourth-order valence-corrected chi connectivity index (χ4v) is 5.88. The Balaban J connectivity index is 1.68. The average Bonchev–Trinajstić information content (AvgIpc) is 3.08. The summed E-state index contributed by atoms with van der Waals surface area (Å²) in [7, 11) is 0. The standard InChI is InChI=1S/C23H24BrFN2O2S/c1-14(2)29-18-10-17-13-30-22(26-21(28)15-6-4-3-5-7-15)27-23(17,12-18)16-8-9-20(25)19(24)11-16/h3-9,11,14,17-18H,10,12-13H2,1-2H3,(H,26,27,28)/t17-,18+,23+/m0/s1. The molecular formula is C23H24BrFN2O2S. The van der Waals surface area contributed by atoms with Crippen molar-refractivity contribution in [3.63, 3.8) is 0 Å². The smallest absolute Gasteiger partial charge is 0.257 e. The predicted molar refractivity (Wildman–Crippen MR) is 122 cm³/mol. The van der Waals surface area contributed by atoms with E-state index in [0.717, 1.165) is 17.7 Å². The summed E-state index contributed by atoms with van der Waals surface area (Å²) in [6.07, 6.45) is 1.80. The molecule has 0 radical (unpaired) electrons. The third-order valence-corrected chi connectivity index (χ3v) is 7.27. The minimum absolute atomic E-state index is 0.0763. The summed E-state index contributed by atoms with van der Waals surface area (Å²) in [4.78, 5) is 17.7. The van der Waals surface area contributed by atoms with E-state index in [1.165, 1.54) is 6.07 Å². The molecule has 1 fully saturated rings. The maximum absolute atomic E-state index is 13.9. The van der Waals surface area contributed by atoms with Crippen LogP contribution in [0.2, 0.25) is 0 Å². The highest BCUT2D eigenvalue weighted by Gasteiger charge is 2.51. The zero-order valence-electron chi connectivity index (χ0n) is 16.9. The van der Waals surface area contributed by atoms with E-state index < -0.39 is 5.54 Å². The van der Waals surface area contributed by atoms with Gasteiger partial charge in [-0.3, -0.25) is 9.79 Å². The summed E-state index contributed by atoms with van der Waals surface area (Å²) in [5, 5.41) is 3.57. The van der Waals surface area contributed by atoms with Crippen LogP contribution in [0.3, 0.4) is 0 Å². The Morgan fingerprint density at radius 1 is 1.30 bits per heavy atom. The largest absolute Gasteiger partial charge is 0.375 e. The zero-order valence-corrected chi connectivity index (χ0v) is 19.3. The number of aliphatic imine (C=N–C) groups is 1. The van der Waals surface area contributed by atoms with Crippen molar-refractivity contribution in [3.05, 3.63) is 69.9 Å². The van der Waals surface area contributed by atoms with E-state index in [-0.39, 0.29) is 29.9 Å². The number of amidine groups is 1. The molecule has 0 bridgehead atoms. The minimum atomic E-state index is -0.541. The number of amides is 1. The Labute approximate surface area is 188 Å². The van der Waals surface area contributed by atoms with Crippen molar-refractivity contribution in [3.8, 4) is 0 Å². The summed E-state index contributed by atoms with van der Waals surface area (Å²) >= 11 is 4.88. The van der Waals surface area contributed by atoms with E-state index in [9.17, 15) is 9.18 Å². The molecular weight excluding hydrogens is 467 g/mol. The topological polar surface area (TPSA) is 50.7 Å². The number of hydrogen-bond acceptors (Lipinski definition) is 4. The number of nitrogens with zero attached hydrogens (tertiary/aromatic N) is 1. The SMILES string of the molecule is CC(C)O[C@@H]1C[C@H]2CSC(NC(=O)c3ccccc3)=N[C@@]2(c2ccc(F)c(Br)c2)C1. The van der Waals surface area contributed by atoms with Crippen LogP contribution in [-0.2, 0) is 10.3 Å². The van der Waals surface area contributed by atoms with Gasteiger partial charge in [0.25, 0.3) is 5.91 Å². The molecule has 0 aromatic heterocycles. The first-order chi connectivity index (χ1) is 14.4. The predicted octanol–water partition coefficient (Wildman–Crippen LogP) is 5.52. The Kier molecular flexibility index (Phi) is 6.32. The van der Waals surface area contributed by atoms with Gasteiger partial charge in [-0.15, -0.1) is 0 Å². The highest BCUT2D eigenvalue weighted by Crippen LogP contribution is 2.52. The van der Waals surface area contributed by atoms with Gasteiger partial charge < -0.3 is 10.1 Å². The molecule has 7 heteroatoms. The second-order valence-corrected chi connectivity index (χ2v) is 9.91. The van der Waals surface area contributed by atoms with Crippen LogP contribution < -0.4 is 5.32 Å². The molecule has 0 unspecified atom stereocenters. The van der Waals surface area contributed by atoms with Crippen molar-refractivity contribution in [1.29, 1.82) is 0 Å². The van der Waals surface area contributed by atoms with Crippen LogP contribution >= 0.6 is 27.7 Å². The van der Waals surface area contributed by atoms with Crippen LogP contribution in [0.25, 0.3) is 0 Å². The lowest BCUT2D eigenvalue weighted by atomic mass is 9.81. The van der Waals surface area contributed by atoms with Crippen molar-refractivity contribution in [1.82, 2.24) is 5.32 Å². The summed E-state index contributed by atoms with van der Waals surface area (Å²) in [5.41, 5.74) is 0.997. The molecule has 0 spiro atoms. The van der Waals surface area contributed by atoms with Gasteiger partial charge in [0, 0.05) is 23.7 Å². The van der Waals surface area contributed by atoms with Crippen molar-refractivity contribution >= 4 is 38.8 Å². The van der Waals surface area contributed by atoms with Gasteiger partial charge in [0.1, 0.15) is 5.82 Å². The summed E-state index contributed by atoms with van der Waals surface area (Å²) < 4.78 is 20.5. The first-order valence-corrected chi connectivity index (χ1v) is 11.9. The van der Waals surface area contributed by atoms with Crippen molar-refractivity contribution < 1.29 is 13.9 Å². The first-order valence-electron chi connectivity index (χ1n) is 10.1. The normalized spacial score (nSPS) is 25.7. The Morgan fingerprint density at radius 3 is 2.77 bits per heavy atom. The van der Waals surface area contributed by atoms with E-state index in [4.69, 9.17) is 9.73 Å². The van der Waals surface area contributed by atoms with E-state index >= 15 is 0 Å². The molecule has 2 aliphatic rings. The maximum Gasteiger partial charge on any atom is 0.257 e. The van der Waals surface area contributed by atoms with Crippen molar-refractivity contribution in [2.45, 2.75) is 44.4 Å². The lowest BCUT2D eigenvalue weighted by Crippen LogP contribution is -2.40. The molecule has 2 aromatic carbocycles. The van der Waals surface area contributed by atoms with Crippen LogP contribution in [-0.4, -0.2) is 29.0 Å². The van der Waals surface area contributed by atoms with Crippen molar-refractivity contribution in [2.75, 3.05) is 5.75 Å². The highest BCUT2D eigenvalue weighted by molar-refractivity contribution is 9.10. The molecule has 2 aromatic rings. The van der Waals surface area contributed by atoms with Gasteiger partial charge in [0.2, 0.25) is 0 Å². The minimum Gasteiger partial charge on any atom is -0.375 e. The van der Waals surface area contributed by atoms with E-state index in [2.05, 4.69) is 21.2 Å². The molecule has 0 saturated heterocycles. The second-order valence-electron chi connectivity index (χ2n) is 8.04. The maximum atomic E-state index is 13.9. The Morgan fingerprint density at radius 2 is 2.07 bits per heavy atom. The van der Waals surface area contributed by atoms with Gasteiger partial charge in [-0.25, -0.2) is 4.39 Å². The summed E-state index contributed by atoms with van der Waals surface area (Å²) in [6.45, 7) is 4.07. The van der Waals surface area contributed by atoms with Crippen LogP contribution in [0.1, 0.15) is 42.6 Å². The van der Waals surface area contributed by atoms with Crippen LogP contribution in [0.15, 0.2) is 58.0 Å². The lowest BCUT2D eigenvalue weighted by molar-refractivity contribution is 0.00846. The van der Waals surface area contributed by atoms with Gasteiger partial charge in [0.15, 0.2) is 5.17 Å². The zero-order chi connectivity index (χ0) is 21.3. The Bertz CT molecular complexity index is 969. The van der Waals surface area contributed by atoms with E-state index in [0.29, 0.717) is 21.6 Å². The van der Waals surface area contributed by atoms with E-state index in [1.54, 1.807) is 30.0 Å². The number of nitrogens with one attached hydrogen (secondary N) is 1. The molecule has 1 saturated carbocycles. The number of carbonyl (C=O) groups excluding carboxylic acids is 1. The lowest BCUT2D eigenvalue weighted by Gasteiger charge is -2.36. The molecule has 1 amide bonds. The van der Waals surface area contributed by atoms with Crippen LogP contribution in [0.5, 0.6) is 0 Å². The van der Waals surface area contributed by atoms with Crippen LogP contribution in [0.4, 0.5) is 4.39 Å². The van der Waals surface area contributed by atoms with E-state index in [1.807, 2.05) is 38.1 Å². The number of ether oxygens (including phenoxy) is 1. The third kappa shape index (κ3) is 4.34. The van der Waals surface area contributed by atoms with Gasteiger partial charge in [-0.2, -0.15) is 0 Å². The van der Waals surface area contributed by atoms with Gasteiger partial charge >= 0.3 is 0 Å². The molecule has 1 aliphatic carbocycles. The first kappa shape index (κ1) is 21.5. The van der Waals surface area contributed by atoms with Crippen LogP contribution in [0, 0.1) is 11.7 Å². The monoisotopic (exact) mass is 490 g/mol. The fraction of sp³-hybridized carbons (Fsp3) is 0.391. The van der Waals surface area contributed by atoms with Crippen molar-refractivity contribution in [2.24, 2.45) is 10.9 Å². The highest BCUT2D eigenvalue weighted by atomic mass is 79.9. The Hall–Kier alpha value is -1.70. The molecule has 4 nitrogen and oxygen atoms in total. The molecule has 1 aliphatic heterocycles. The fourth-order valence-electron chi connectivity index (χ4n) is 4.34. The number of rotatable bonds is 4. The number of thioether (sulfide) groups is 1. The summed E-state index contributed by atoms with van der Waals surface area (Å²) in [6, 6.07) is 14.2. The average molecular weight is 491 g/mol. The molecule has 1 N–H and O–H groups in total. The number of carbonyl (C=O) groups is 1. The molecule has 3 atom stereocenters. The molecule has 30 heavy (non-hydrogen) atoms. The number of hydrogen-bond donors (Lipinski definition) is 1. The number of halogens is 2. The van der Waals surface area contributed by atoms with Gasteiger partial charge in [-0.05, 0) is 66.0 Å². The number of benzene rings is 2. The molecule has 4 rings (SSSR count). The third-order valence-electron chi connectivity index (χ3n) is 5.62. The summed E-state index contributed by atoms with van der Waals surface area (Å²) in [5.74, 6) is 0.595. The number of fused-ring (bicyclic) bond motifs is 1. The van der Waals surface area contributed by atoms with Gasteiger partial charge in [-0.1, -0.05) is 36.0 Å². The molecule has 158 valence electrons. The second kappa shape index (κ2) is 8.81. The quantitative estimate of drug-likeness (QED) is 0.613.